The number of thiophene rings is 1. The van der Waals surface area contributed by atoms with E-state index >= 15 is 0 Å². The minimum Gasteiger partial charge on any atom is -0.494 e. The van der Waals surface area contributed by atoms with Gasteiger partial charge in [0.15, 0.2) is 0 Å². The Kier molecular flexibility index (Phi) is 4.89. The summed E-state index contributed by atoms with van der Waals surface area (Å²) in [5.74, 6) is -2.34. The highest BCUT2D eigenvalue weighted by molar-refractivity contribution is 7.12. The molecule has 122 valence electrons. The fraction of sp³-hybridized carbons (Fsp3) is 0.143. The molecule has 2 rings (SSSR count). The molecule has 0 aliphatic carbocycles. The number of alkyl halides is 3. The molecule has 0 aliphatic heterocycles. The average Bonchev–Trinajstić information content (AvgIpc) is 3.02. The van der Waals surface area contributed by atoms with Crippen LogP contribution in [0.4, 0.5) is 24.5 Å². The Morgan fingerprint density at radius 3 is 2.48 bits per heavy atom. The molecule has 2 amide bonds. The lowest BCUT2D eigenvalue weighted by Crippen LogP contribution is -2.29. The molecule has 0 atom stereocenters. The van der Waals surface area contributed by atoms with Crippen LogP contribution >= 0.6 is 11.3 Å². The van der Waals surface area contributed by atoms with Gasteiger partial charge in [-0.3, -0.25) is 9.59 Å². The Morgan fingerprint density at radius 2 is 1.91 bits per heavy atom. The lowest BCUT2D eigenvalue weighted by Gasteiger charge is -2.13. The molecular formula is C14H11F3N2O3S. The number of rotatable bonds is 4. The maximum atomic E-state index is 12.2. The van der Waals surface area contributed by atoms with E-state index in [0.717, 1.165) is 0 Å². The van der Waals surface area contributed by atoms with Crippen LogP contribution in [0.3, 0.4) is 0 Å². The topological polar surface area (TPSA) is 67.4 Å². The third-order valence-electron chi connectivity index (χ3n) is 2.71. The molecule has 0 bridgehead atoms. The number of halogens is 3. The van der Waals surface area contributed by atoms with Crippen LogP contribution in [0.5, 0.6) is 5.75 Å². The van der Waals surface area contributed by atoms with Crippen molar-refractivity contribution in [2.24, 2.45) is 0 Å². The zero-order chi connectivity index (χ0) is 17.0. The van der Waals surface area contributed by atoms with Crippen molar-refractivity contribution in [3.05, 3.63) is 40.6 Å². The highest BCUT2D eigenvalue weighted by atomic mass is 32.1. The number of benzene rings is 1. The van der Waals surface area contributed by atoms with Crippen LogP contribution in [0.1, 0.15) is 9.67 Å². The number of ether oxygens (including phenoxy) is 1. The third-order valence-corrected chi connectivity index (χ3v) is 3.58. The first-order valence-corrected chi connectivity index (χ1v) is 7.10. The van der Waals surface area contributed by atoms with Crippen LogP contribution in [0.15, 0.2) is 35.7 Å². The van der Waals surface area contributed by atoms with Crippen LogP contribution in [0.2, 0.25) is 0 Å². The SMILES string of the molecule is COc1cc(NC(=O)C(F)(F)F)ccc1NC(=O)c1cccs1. The van der Waals surface area contributed by atoms with Gasteiger partial charge in [0.25, 0.3) is 5.91 Å². The van der Waals surface area contributed by atoms with Gasteiger partial charge in [0, 0.05) is 11.8 Å². The standard InChI is InChI=1S/C14H11F3N2O3S/c1-22-10-7-8(18-13(21)14(15,16)17)4-5-9(10)19-12(20)11-3-2-6-23-11/h2-7H,1H3,(H,18,21)(H,19,20). The fourth-order valence-electron chi connectivity index (χ4n) is 1.67. The van der Waals surface area contributed by atoms with Crippen molar-refractivity contribution in [3.63, 3.8) is 0 Å². The van der Waals surface area contributed by atoms with Crippen LogP contribution in [-0.2, 0) is 4.79 Å². The van der Waals surface area contributed by atoms with Gasteiger partial charge in [-0.05, 0) is 23.6 Å². The summed E-state index contributed by atoms with van der Waals surface area (Å²) in [4.78, 5) is 23.3. The number of hydrogen-bond acceptors (Lipinski definition) is 4. The van der Waals surface area contributed by atoms with Crippen LogP contribution in [0, 0.1) is 0 Å². The summed E-state index contributed by atoms with van der Waals surface area (Å²) >= 11 is 1.24. The van der Waals surface area contributed by atoms with Crippen LogP contribution in [0.25, 0.3) is 0 Å². The summed E-state index contributed by atoms with van der Waals surface area (Å²) in [7, 11) is 1.30. The highest BCUT2D eigenvalue weighted by Crippen LogP contribution is 2.29. The average molecular weight is 344 g/mol. The second-order valence-electron chi connectivity index (χ2n) is 4.30. The first-order chi connectivity index (χ1) is 10.8. The quantitative estimate of drug-likeness (QED) is 0.892. The molecule has 9 heteroatoms. The normalized spacial score (nSPS) is 11.0. The van der Waals surface area contributed by atoms with E-state index in [1.807, 2.05) is 0 Å². The molecule has 0 spiro atoms. The Morgan fingerprint density at radius 1 is 1.17 bits per heavy atom. The molecule has 0 unspecified atom stereocenters. The summed E-state index contributed by atoms with van der Waals surface area (Å²) in [5.41, 5.74) is 0.175. The summed E-state index contributed by atoms with van der Waals surface area (Å²) in [6.07, 6.45) is -4.99. The van der Waals surface area contributed by atoms with Gasteiger partial charge in [0.05, 0.1) is 17.7 Å². The predicted octanol–water partition coefficient (Wildman–Crippen LogP) is 3.51. The van der Waals surface area contributed by atoms with Crippen molar-refractivity contribution in [3.8, 4) is 5.75 Å². The first kappa shape index (κ1) is 16.8. The van der Waals surface area contributed by atoms with E-state index in [9.17, 15) is 22.8 Å². The molecule has 1 aromatic carbocycles. The summed E-state index contributed by atoms with van der Waals surface area (Å²) in [5, 5.41) is 6.03. The Labute approximate surface area is 133 Å². The van der Waals surface area contributed by atoms with Crippen molar-refractivity contribution in [1.82, 2.24) is 0 Å². The van der Waals surface area contributed by atoms with E-state index in [2.05, 4.69) is 5.32 Å². The number of methoxy groups -OCH3 is 1. The number of amides is 2. The summed E-state index contributed by atoms with van der Waals surface area (Å²) < 4.78 is 41.7. The van der Waals surface area contributed by atoms with E-state index in [0.29, 0.717) is 4.88 Å². The zero-order valence-corrected chi connectivity index (χ0v) is 12.5. The molecule has 1 heterocycles. The van der Waals surface area contributed by atoms with E-state index in [1.165, 1.54) is 36.6 Å². The maximum absolute atomic E-state index is 12.2. The first-order valence-electron chi connectivity index (χ1n) is 6.22. The molecule has 0 radical (unpaired) electrons. The van der Waals surface area contributed by atoms with E-state index in [4.69, 9.17) is 4.74 Å². The number of anilines is 2. The van der Waals surface area contributed by atoms with Crippen LogP contribution < -0.4 is 15.4 Å². The smallest absolute Gasteiger partial charge is 0.471 e. The molecule has 0 aliphatic rings. The molecule has 23 heavy (non-hydrogen) atoms. The van der Waals surface area contributed by atoms with Gasteiger partial charge in [-0.1, -0.05) is 6.07 Å². The molecule has 0 saturated carbocycles. The largest absolute Gasteiger partial charge is 0.494 e. The number of nitrogens with one attached hydrogen (secondary N) is 2. The van der Waals surface area contributed by atoms with Crippen molar-refractivity contribution in [2.45, 2.75) is 6.18 Å². The van der Waals surface area contributed by atoms with Gasteiger partial charge in [0.2, 0.25) is 0 Å². The number of hydrogen-bond donors (Lipinski definition) is 2. The van der Waals surface area contributed by atoms with Gasteiger partial charge in [-0.15, -0.1) is 11.3 Å². The van der Waals surface area contributed by atoms with Gasteiger partial charge in [-0.2, -0.15) is 13.2 Å². The summed E-state index contributed by atoms with van der Waals surface area (Å²) in [6.45, 7) is 0. The number of carbonyl (C=O) groups excluding carboxylic acids is 2. The van der Waals surface area contributed by atoms with Crippen molar-refractivity contribution in [1.29, 1.82) is 0 Å². The van der Waals surface area contributed by atoms with Gasteiger partial charge in [-0.25, -0.2) is 0 Å². The second-order valence-corrected chi connectivity index (χ2v) is 5.25. The molecule has 2 N–H and O–H groups in total. The molecular weight excluding hydrogens is 333 g/mol. The fourth-order valence-corrected chi connectivity index (χ4v) is 2.28. The minimum atomic E-state index is -4.99. The molecule has 0 saturated heterocycles. The van der Waals surface area contributed by atoms with E-state index in [1.54, 1.807) is 22.8 Å². The Bertz CT molecular complexity index is 715. The van der Waals surface area contributed by atoms with Gasteiger partial charge in [0.1, 0.15) is 5.75 Å². The van der Waals surface area contributed by atoms with Crippen molar-refractivity contribution >= 4 is 34.5 Å². The van der Waals surface area contributed by atoms with Gasteiger partial charge >= 0.3 is 12.1 Å². The molecule has 5 nitrogen and oxygen atoms in total. The molecule has 0 fully saturated rings. The zero-order valence-electron chi connectivity index (χ0n) is 11.7. The van der Waals surface area contributed by atoms with Crippen molar-refractivity contribution in [2.75, 3.05) is 17.7 Å². The second kappa shape index (κ2) is 6.69. The molecule has 2 aromatic rings. The Balaban J connectivity index is 2.16. The van der Waals surface area contributed by atoms with Crippen LogP contribution in [-0.4, -0.2) is 25.1 Å². The monoisotopic (exact) mass is 344 g/mol. The lowest BCUT2D eigenvalue weighted by molar-refractivity contribution is -0.167. The van der Waals surface area contributed by atoms with E-state index in [-0.39, 0.29) is 23.0 Å². The summed E-state index contributed by atoms with van der Waals surface area (Å²) in [6, 6.07) is 7.11. The maximum Gasteiger partial charge on any atom is 0.471 e. The van der Waals surface area contributed by atoms with Crippen molar-refractivity contribution < 1.29 is 27.5 Å². The minimum absolute atomic E-state index is 0.0988. The lowest BCUT2D eigenvalue weighted by atomic mass is 10.2. The molecule has 1 aromatic heterocycles. The van der Waals surface area contributed by atoms with Gasteiger partial charge < -0.3 is 15.4 Å². The predicted molar refractivity (Wildman–Crippen MR) is 80.0 cm³/mol. The Hall–Kier alpha value is -2.55. The highest BCUT2D eigenvalue weighted by Gasteiger charge is 2.38. The van der Waals surface area contributed by atoms with E-state index < -0.39 is 12.1 Å². The number of carbonyl (C=O) groups is 2. The third kappa shape index (κ3) is 4.22.